The van der Waals surface area contributed by atoms with Crippen LogP contribution in [0.2, 0.25) is 0 Å². The maximum Gasteiger partial charge on any atom is 0.0205 e. The van der Waals surface area contributed by atoms with E-state index in [1.165, 1.54) is 34.2 Å². The van der Waals surface area contributed by atoms with Crippen molar-refractivity contribution in [1.29, 1.82) is 0 Å². The van der Waals surface area contributed by atoms with Crippen LogP contribution in [0.5, 0.6) is 0 Å². The van der Waals surface area contributed by atoms with Crippen LogP contribution in [0.25, 0.3) is 11.1 Å². The van der Waals surface area contributed by atoms with Crippen molar-refractivity contribution in [2.24, 2.45) is 0 Å². The normalized spacial score (nSPS) is 10.8. The Kier molecular flexibility index (Phi) is 6.01. The summed E-state index contributed by atoms with van der Waals surface area (Å²) < 4.78 is 0. The van der Waals surface area contributed by atoms with E-state index >= 15 is 0 Å². The highest BCUT2D eigenvalue weighted by Gasteiger charge is 2.03. The molecule has 0 unspecified atom stereocenters. The number of rotatable bonds is 7. The van der Waals surface area contributed by atoms with Gasteiger partial charge in [-0.05, 0) is 53.6 Å². The Morgan fingerprint density at radius 2 is 1.43 bits per heavy atom. The smallest absolute Gasteiger partial charge is 0.0205 e. The van der Waals surface area contributed by atoms with Crippen LogP contribution in [0.15, 0.2) is 42.5 Å². The lowest BCUT2D eigenvalue weighted by Gasteiger charge is -2.10. The Bertz CT molecular complexity index is 555. The Balaban J connectivity index is 2.14. The van der Waals surface area contributed by atoms with Crippen molar-refractivity contribution >= 4 is 0 Å². The van der Waals surface area contributed by atoms with Crippen LogP contribution in [0, 0.1) is 0 Å². The fourth-order valence-corrected chi connectivity index (χ4v) is 2.70. The molecule has 0 radical (unpaired) electrons. The van der Waals surface area contributed by atoms with Crippen LogP contribution >= 0.6 is 0 Å². The van der Waals surface area contributed by atoms with Gasteiger partial charge >= 0.3 is 0 Å². The third-order valence-corrected chi connectivity index (χ3v) is 4.01. The summed E-state index contributed by atoms with van der Waals surface area (Å²) in [5.74, 6) is 0. The molecule has 0 fully saturated rings. The van der Waals surface area contributed by atoms with Gasteiger partial charge in [0.05, 0.1) is 0 Å². The molecule has 1 nitrogen and oxygen atoms in total. The number of aryl methyl sites for hydroxylation is 2. The van der Waals surface area contributed by atoms with Crippen molar-refractivity contribution in [2.75, 3.05) is 6.54 Å². The number of benzene rings is 2. The minimum Gasteiger partial charge on any atom is -0.313 e. The van der Waals surface area contributed by atoms with E-state index in [1.54, 1.807) is 0 Å². The van der Waals surface area contributed by atoms with Gasteiger partial charge in [0.2, 0.25) is 0 Å². The summed E-state index contributed by atoms with van der Waals surface area (Å²) in [5.41, 5.74) is 6.95. The van der Waals surface area contributed by atoms with E-state index in [0.717, 1.165) is 25.9 Å². The summed E-state index contributed by atoms with van der Waals surface area (Å²) in [4.78, 5) is 0. The number of hydrogen-bond acceptors (Lipinski definition) is 1. The molecule has 0 spiro atoms. The van der Waals surface area contributed by atoms with Crippen LogP contribution in [-0.4, -0.2) is 6.54 Å². The van der Waals surface area contributed by atoms with Gasteiger partial charge in [-0.3, -0.25) is 0 Å². The molecule has 112 valence electrons. The van der Waals surface area contributed by atoms with E-state index in [9.17, 15) is 0 Å². The molecule has 0 aromatic heterocycles. The van der Waals surface area contributed by atoms with Crippen LogP contribution in [-0.2, 0) is 19.4 Å². The van der Waals surface area contributed by atoms with E-state index in [-0.39, 0.29) is 0 Å². The average molecular weight is 281 g/mol. The maximum atomic E-state index is 3.44. The zero-order chi connectivity index (χ0) is 15.1. The second-order valence-corrected chi connectivity index (χ2v) is 5.56. The summed E-state index contributed by atoms with van der Waals surface area (Å²) in [5, 5.41) is 3.44. The van der Waals surface area contributed by atoms with Crippen molar-refractivity contribution in [3.8, 4) is 11.1 Å². The summed E-state index contributed by atoms with van der Waals surface area (Å²) in [6.45, 7) is 8.71. The number of hydrogen-bond donors (Lipinski definition) is 1. The van der Waals surface area contributed by atoms with E-state index < -0.39 is 0 Å². The second kappa shape index (κ2) is 7.99. The summed E-state index contributed by atoms with van der Waals surface area (Å²) in [6, 6.07) is 15.8. The highest BCUT2D eigenvalue weighted by atomic mass is 14.8. The molecule has 0 bridgehead atoms. The molecule has 0 amide bonds. The van der Waals surface area contributed by atoms with Crippen molar-refractivity contribution in [3.05, 3.63) is 59.2 Å². The van der Waals surface area contributed by atoms with Gasteiger partial charge in [0.25, 0.3) is 0 Å². The zero-order valence-electron chi connectivity index (χ0n) is 13.6. The quantitative estimate of drug-likeness (QED) is 0.706. The molecule has 1 N–H and O–H groups in total. The molecule has 0 atom stereocenters. The van der Waals surface area contributed by atoms with Gasteiger partial charge in [-0.15, -0.1) is 0 Å². The van der Waals surface area contributed by atoms with Gasteiger partial charge in [-0.2, -0.15) is 0 Å². The van der Waals surface area contributed by atoms with Crippen LogP contribution in [0.4, 0.5) is 0 Å². The van der Waals surface area contributed by atoms with Gasteiger partial charge in [-0.25, -0.2) is 0 Å². The lowest BCUT2D eigenvalue weighted by Crippen LogP contribution is -2.13. The summed E-state index contributed by atoms with van der Waals surface area (Å²) in [6.07, 6.45) is 3.41. The van der Waals surface area contributed by atoms with E-state index in [0.29, 0.717) is 0 Å². The summed E-state index contributed by atoms with van der Waals surface area (Å²) >= 11 is 0. The van der Waals surface area contributed by atoms with Gasteiger partial charge in [-0.1, -0.05) is 63.2 Å². The molecule has 0 saturated carbocycles. The fourth-order valence-electron chi connectivity index (χ4n) is 2.70. The Labute approximate surface area is 129 Å². The molecule has 0 aliphatic heterocycles. The van der Waals surface area contributed by atoms with Gasteiger partial charge < -0.3 is 5.32 Å². The SMILES string of the molecule is CCCNCc1ccc(-c2ccc(CC)c(CC)c2)cc1. The first-order valence-corrected chi connectivity index (χ1v) is 8.20. The highest BCUT2D eigenvalue weighted by Crippen LogP contribution is 2.24. The Morgan fingerprint density at radius 1 is 0.762 bits per heavy atom. The average Bonchev–Trinajstić information content (AvgIpc) is 2.55. The first-order chi connectivity index (χ1) is 10.3. The molecular weight excluding hydrogens is 254 g/mol. The molecule has 21 heavy (non-hydrogen) atoms. The largest absolute Gasteiger partial charge is 0.313 e. The molecule has 0 saturated heterocycles. The maximum absolute atomic E-state index is 3.44. The number of nitrogens with one attached hydrogen (secondary N) is 1. The third kappa shape index (κ3) is 4.18. The van der Waals surface area contributed by atoms with Crippen molar-refractivity contribution < 1.29 is 0 Å². The molecule has 2 aromatic carbocycles. The predicted molar refractivity (Wildman–Crippen MR) is 92.6 cm³/mol. The fraction of sp³-hybridized carbons (Fsp3) is 0.400. The standard InChI is InChI=1S/C20H27N/c1-4-13-21-15-16-7-9-19(10-8-16)20-12-11-17(5-2)18(6-3)14-20/h7-12,14,21H,4-6,13,15H2,1-3H3. The first kappa shape index (κ1) is 15.8. The van der Waals surface area contributed by atoms with Crippen molar-refractivity contribution in [2.45, 2.75) is 46.6 Å². The van der Waals surface area contributed by atoms with Gasteiger partial charge in [0, 0.05) is 6.54 Å². The van der Waals surface area contributed by atoms with E-state index in [2.05, 4.69) is 68.6 Å². The van der Waals surface area contributed by atoms with Crippen molar-refractivity contribution in [1.82, 2.24) is 5.32 Å². The van der Waals surface area contributed by atoms with Crippen molar-refractivity contribution in [3.63, 3.8) is 0 Å². The topological polar surface area (TPSA) is 12.0 Å². The van der Waals surface area contributed by atoms with Crippen LogP contribution in [0.1, 0.15) is 43.9 Å². The molecular formula is C20H27N. The van der Waals surface area contributed by atoms with E-state index in [1.807, 2.05) is 0 Å². The first-order valence-electron chi connectivity index (χ1n) is 8.20. The Morgan fingerprint density at radius 3 is 2.05 bits per heavy atom. The van der Waals surface area contributed by atoms with Crippen LogP contribution < -0.4 is 5.32 Å². The summed E-state index contributed by atoms with van der Waals surface area (Å²) in [7, 11) is 0. The highest BCUT2D eigenvalue weighted by molar-refractivity contribution is 5.65. The van der Waals surface area contributed by atoms with Gasteiger partial charge in [0.1, 0.15) is 0 Å². The zero-order valence-corrected chi connectivity index (χ0v) is 13.6. The molecule has 2 aromatic rings. The predicted octanol–water partition coefficient (Wildman–Crippen LogP) is 4.98. The molecule has 0 heterocycles. The third-order valence-electron chi connectivity index (χ3n) is 4.01. The monoisotopic (exact) mass is 281 g/mol. The molecule has 1 heteroatoms. The minimum atomic E-state index is 0.961. The molecule has 0 aliphatic rings. The van der Waals surface area contributed by atoms with E-state index in [4.69, 9.17) is 0 Å². The minimum absolute atomic E-state index is 0.961. The van der Waals surface area contributed by atoms with Crippen LogP contribution in [0.3, 0.4) is 0 Å². The molecule has 0 aliphatic carbocycles. The lowest BCUT2D eigenvalue weighted by atomic mass is 9.96. The van der Waals surface area contributed by atoms with Gasteiger partial charge in [0.15, 0.2) is 0 Å². The molecule has 2 rings (SSSR count). The lowest BCUT2D eigenvalue weighted by molar-refractivity contribution is 0.675. The second-order valence-electron chi connectivity index (χ2n) is 5.56. The Hall–Kier alpha value is -1.60.